The Bertz CT molecular complexity index is 1020. The van der Waals surface area contributed by atoms with Crippen LogP contribution in [0.3, 0.4) is 0 Å². The first kappa shape index (κ1) is 18.6. The Morgan fingerprint density at radius 3 is 2.76 bits per heavy atom. The molecule has 4 heterocycles. The largest absolute Gasteiger partial charge is 0.365 e. The summed E-state index contributed by atoms with van der Waals surface area (Å²) >= 11 is 1.54. The standard InChI is InChI=1S/C21H26N6OS/c28-19-17(20-24-15-8-2-3-9-16(15)29-20)18(23-14-7-6-10-22-13-14)25-21(26-19)27-11-4-1-5-12-27/h2-3,8-9,14,22H,1,4-7,10-13H2,(H2,23,25,26,28). The number of anilines is 2. The van der Waals surface area contributed by atoms with Gasteiger partial charge in [-0.05, 0) is 50.8 Å². The van der Waals surface area contributed by atoms with Gasteiger partial charge in [0.1, 0.15) is 16.4 Å². The molecule has 2 aromatic heterocycles. The zero-order valence-corrected chi connectivity index (χ0v) is 17.2. The molecule has 1 aromatic carbocycles. The van der Waals surface area contributed by atoms with Crippen LogP contribution >= 0.6 is 11.3 Å². The first-order valence-corrected chi connectivity index (χ1v) is 11.3. The maximum atomic E-state index is 13.2. The molecule has 29 heavy (non-hydrogen) atoms. The molecule has 7 nitrogen and oxygen atoms in total. The Balaban J connectivity index is 1.58. The molecule has 3 N–H and O–H groups in total. The number of fused-ring (bicyclic) bond motifs is 1. The first-order chi connectivity index (χ1) is 14.3. The molecule has 152 valence electrons. The van der Waals surface area contributed by atoms with Gasteiger partial charge in [0.2, 0.25) is 5.95 Å². The molecule has 2 aliphatic rings. The average Bonchev–Trinajstić information content (AvgIpc) is 3.18. The van der Waals surface area contributed by atoms with Crippen molar-refractivity contribution >= 4 is 33.3 Å². The third-order valence-corrected chi connectivity index (χ3v) is 6.76. The minimum Gasteiger partial charge on any atom is -0.365 e. The summed E-state index contributed by atoms with van der Waals surface area (Å²) in [5.74, 6) is 1.33. The lowest BCUT2D eigenvalue weighted by Crippen LogP contribution is -2.39. The number of hydrogen-bond donors (Lipinski definition) is 3. The molecule has 1 unspecified atom stereocenters. The number of thiazole rings is 1. The van der Waals surface area contributed by atoms with Crippen molar-refractivity contribution in [1.29, 1.82) is 0 Å². The second-order valence-electron chi connectivity index (χ2n) is 7.84. The SMILES string of the molecule is O=c1[nH]c(N2CCCCC2)nc(NC2CCCNC2)c1-c1nc2ccccc2s1. The van der Waals surface area contributed by atoms with Gasteiger partial charge in [-0.25, -0.2) is 4.98 Å². The number of hydrogen-bond acceptors (Lipinski definition) is 7. The van der Waals surface area contributed by atoms with Crippen LogP contribution < -0.4 is 21.1 Å². The highest BCUT2D eigenvalue weighted by atomic mass is 32.1. The van der Waals surface area contributed by atoms with Crippen molar-refractivity contribution in [3.05, 3.63) is 34.6 Å². The number of nitrogens with zero attached hydrogens (tertiary/aromatic N) is 3. The zero-order chi connectivity index (χ0) is 19.6. The first-order valence-electron chi connectivity index (χ1n) is 10.5. The molecule has 8 heteroatoms. The lowest BCUT2D eigenvalue weighted by molar-refractivity contribution is 0.479. The van der Waals surface area contributed by atoms with E-state index in [0.717, 1.165) is 67.1 Å². The predicted molar refractivity (Wildman–Crippen MR) is 119 cm³/mol. The molecule has 0 aliphatic carbocycles. The summed E-state index contributed by atoms with van der Waals surface area (Å²) in [6, 6.07) is 8.26. The summed E-state index contributed by atoms with van der Waals surface area (Å²) in [6.45, 7) is 3.80. The zero-order valence-electron chi connectivity index (χ0n) is 16.4. The molecule has 1 atom stereocenters. The minimum absolute atomic E-state index is 0.120. The Morgan fingerprint density at radius 2 is 1.97 bits per heavy atom. The highest BCUT2D eigenvalue weighted by Gasteiger charge is 2.23. The van der Waals surface area contributed by atoms with Gasteiger partial charge >= 0.3 is 0 Å². The van der Waals surface area contributed by atoms with E-state index in [1.165, 1.54) is 6.42 Å². The highest BCUT2D eigenvalue weighted by Crippen LogP contribution is 2.32. The van der Waals surface area contributed by atoms with Crippen molar-refractivity contribution in [2.45, 2.75) is 38.1 Å². The van der Waals surface area contributed by atoms with Gasteiger partial charge in [-0.15, -0.1) is 11.3 Å². The number of aromatic amines is 1. The fourth-order valence-electron chi connectivity index (χ4n) is 4.17. The molecule has 2 saturated heterocycles. The molecule has 0 amide bonds. The van der Waals surface area contributed by atoms with Crippen LogP contribution in [0, 0.1) is 0 Å². The molecular weight excluding hydrogens is 384 g/mol. The van der Waals surface area contributed by atoms with Crippen LogP contribution in [0.1, 0.15) is 32.1 Å². The molecule has 0 spiro atoms. The third-order valence-electron chi connectivity index (χ3n) is 5.71. The number of H-pyrrole nitrogens is 1. The van der Waals surface area contributed by atoms with E-state index in [1.807, 2.05) is 24.3 Å². The summed E-state index contributed by atoms with van der Waals surface area (Å²) in [4.78, 5) is 28.1. The van der Waals surface area contributed by atoms with Crippen molar-refractivity contribution in [2.75, 3.05) is 36.4 Å². The quantitative estimate of drug-likeness (QED) is 0.612. The second-order valence-corrected chi connectivity index (χ2v) is 8.87. The van der Waals surface area contributed by atoms with Gasteiger partial charge in [0.15, 0.2) is 0 Å². The fraction of sp³-hybridized carbons (Fsp3) is 0.476. The number of nitrogens with one attached hydrogen (secondary N) is 3. The molecule has 0 radical (unpaired) electrons. The van der Waals surface area contributed by atoms with Crippen LogP contribution in [0.4, 0.5) is 11.8 Å². The van der Waals surface area contributed by atoms with E-state index in [2.05, 4.69) is 20.5 Å². The highest BCUT2D eigenvalue weighted by molar-refractivity contribution is 7.21. The summed E-state index contributed by atoms with van der Waals surface area (Å²) in [7, 11) is 0. The summed E-state index contributed by atoms with van der Waals surface area (Å²) in [5.41, 5.74) is 1.35. The van der Waals surface area contributed by atoms with Gasteiger partial charge in [-0.2, -0.15) is 4.98 Å². The van der Waals surface area contributed by atoms with Gasteiger partial charge in [0.25, 0.3) is 5.56 Å². The van der Waals surface area contributed by atoms with Crippen LogP contribution in [0.15, 0.2) is 29.1 Å². The van der Waals surface area contributed by atoms with E-state index in [4.69, 9.17) is 9.97 Å². The Morgan fingerprint density at radius 1 is 1.10 bits per heavy atom. The topological polar surface area (TPSA) is 85.9 Å². The molecule has 2 aliphatic heterocycles. The van der Waals surface area contributed by atoms with Crippen LogP contribution in [0.25, 0.3) is 20.8 Å². The molecule has 2 fully saturated rings. The normalized spacial score (nSPS) is 20.1. The summed E-state index contributed by atoms with van der Waals surface area (Å²) in [5, 5.41) is 7.71. The summed E-state index contributed by atoms with van der Waals surface area (Å²) < 4.78 is 1.08. The van der Waals surface area contributed by atoms with Crippen molar-refractivity contribution < 1.29 is 0 Å². The van der Waals surface area contributed by atoms with Crippen molar-refractivity contribution in [1.82, 2.24) is 20.3 Å². The third kappa shape index (κ3) is 3.86. The van der Waals surface area contributed by atoms with Gasteiger partial charge in [-0.1, -0.05) is 12.1 Å². The Kier molecular flexibility index (Phi) is 5.20. The smallest absolute Gasteiger partial charge is 0.264 e. The lowest BCUT2D eigenvalue weighted by atomic mass is 10.1. The molecule has 0 bridgehead atoms. The van der Waals surface area contributed by atoms with Crippen LogP contribution in [-0.4, -0.2) is 47.2 Å². The maximum Gasteiger partial charge on any atom is 0.264 e. The fourth-order valence-corrected chi connectivity index (χ4v) is 5.18. The van der Waals surface area contributed by atoms with Crippen LogP contribution in [0.2, 0.25) is 0 Å². The van der Waals surface area contributed by atoms with Crippen LogP contribution in [-0.2, 0) is 0 Å². The van der Waals surface area contributed by atoms with E-state index in [0.29, 0.717) is 17.3 Å². The van der Waals surface area contributed by atoms with Gasteiger partial charge in [0, 0.05) is 25.7 Å². The lowest BCUT2D eigenvalue weighted by Gasteiger charge is -2.29. The number of rotatable bonds is 4. The number of aromatic nitrogens is 3. The summed E-state index contributed by atoms with van der Waals surface area (Å²) in [6.07, 6.45) is 5.71. The van der Waals surface area contributed by atoms with E-state index in [-0.39, 0.29) is 11.6 Å². The van der Waals surface area contributed by atoms with E-state index in [1.54, 1.807) is 11.3 Å². The Labute approximate surface area is 173 Å². The van der Waals surface area contributed by atoms with Crippen molar-refractivity contribution in [2.24, 2.45) is 0 Å². The van der Waals surface area contributed by atoms with Gasteiger partial charge < -0.3 is 15.5 Å². The molecule has 5 rings (SSSR count). The number of para-hydroxylation sites is 1. The van der Waals surface area contributed by atoms with Crippen LogP contribution in [0.5, 0.6) is 0 Å². The molecule has 0 saturated carbocycles. The predicted octanol–water partition coefficient (Wildman–Crippen LogP) is 3.20. The molecule has 3 aromatic rings. The van der Waals surface area contributed by atoms with Crippen molar-refractivity contribution in [3.63, 3.8) is 0 Å². The van der Waals surface area contributed by atoms with Gasteiger partial charge in [0.05, 0.1) is 10.2 Å². The average molecular weight is 411 g/mol. The van der Waals surface area contributed by atoms with Crippen molar-refractivity contribution in [3.8, 4) is 10.6 Å². The van der Waals surface area contributed by atoms with E-state index in [9.17, 15) is 4.79 Å². The number of piperidine rings is 2. The monoisotopic (exact) mass is 410 g/mol. The minimum atomic E-state index is -0.120. The second kappa shape index (κ2) is 8.12. The van der Waals surface area contributed by atoms with E-state index < -0.39 is 0 Å². The number of benzene rings is 1. The molecular formula is C21H26N6OS. The van der Waals surface area contributed by atoms with E-state index >= 15 is 0 Å². The maximum absolute atomic E-state index is 13.2. The Hall–Kier alpha value is -2.45. The van der Waals surface area contributed by atoms with Gasteiger partial charge in [-0.3, -0.25) is 9.78 Å².